The van der Waals surface area contributed by atoms with Gasteiger partial charge in [-0.05, 0) is 17.8 Å². The first-order chi connectivity index (χ1) is 9.19. The van der Waals surface area contributed by atoms with Gasteiger partial charge in [0.2, 0.25) is 10.0 Å². The van der Waals surface area contributed by atoms with Gasteiger partial charge in [0.05, 0.1) is 18.1 Å². The van der Waals surface area contributed by atoms with Crippen molar-refractivity contribution in [3.8, 4) is 0 Å². The Kier molecular flexibility index (Phi) is 4.25. The summed E-state index contributed by atoms with van der Waals surface area (Å²) in [5.41, 5.74) is -0.216. The predicted octanol–water partition coefficient (Wildman–Crippen LogP) is 2.14. The SMILES string of the molecule is C[C@H]1CCN(S(=O)(=O)CC(C)(C)C)C[C@H]1n1ccnc1. The van der Waals surface area contributed by atoms with Crippen LogP contribution in [0.5, 0.6) is 0 Å². The van der Waals surface area contributed by atoms with Crippen LogP contribution in [-0.4, -0.2) is 41.1 Å². The van der Waals surface area contributed by atoms with E-state index in [0.29, 0.717) is 19.0 Å². The summed E-state index contributed by atoms with van der Waals surface area (Å²) in [5, 5.41) is 0. The van der Waals surface area contributed by atoms with Gasteiger partial charge in [-0.15, -0.1) is 0 Å². The van der Waals surface area contributed by atoms with Crippen LogP contribution >= 0.6 is 0 Å². The Morgan fingerprint density at radius 3 is 2.60 bits per heavy atom. The highest BCUT2D eigenvalue weighted by Gasteiger charge is 2.35. The maximum atomic E-state index is 12.5. The van der Waals surface area contributed by atoms with Crippen molar-refractivity contribution < 1.29 is 8.42 Å². The highest BCUT2D eigenvalue weighted by atomic mass is 32.2. The highest BCUT2D eigenvalue weighted by Crippen LogP contribution is 2.30. The number of piperidine rings is 1. The summed E-state index contributed by atoms with van der Waals surface area (Å²) < 4.78 is 28.7. The van der Waals surface area contributed by atoms with Crippen molar-refractivity contribution in [1.29, 1.82) is 0 Å². The van der Waals surface area contributed by atoms with Crippen molar-refractivity contribution in [3.63, 3.8) is 0 Å². The van der Waals surface area contributed by atoms with Gasteiger partial charge in [0.1, 0.15) is 0 Å². The summed E-state index contributed by atoms with van der Waals surface area (Å²) in [6.07, 6.45) is 6.34. The van der Waals surface area contributed by atoms with E-state index in [1.807, 2.05) is 31.5 Å². The summed E-state index contributed by atoms with van der Waals surface area (Å²) in [5.74, 6) is 0.663. The Hall–Kier alpha value is -0.880. The lowest BCUT2D eigenvalue weighted by molar-refractivity contribution is 0.199. The molecule has 2 atom stereocenters. The summed E-state index contributed by atoms with van der Waals surface area (Å²) >= 11 is 0. The standard InChI is InChI=1S/C14H25N3O2S/c1-12-5-7-17(20(18,19)10-14(2,3)4)9-13(12)16-8-6-15-11-16/h6,8,11-13H,5,7,9-10H2,1-4H3/t12-,13+/m0/s1. The number of hydrogen-bond acceptors (Lipinski definition) is 3. The molecule has 0 aliphatic carbocycles. The van der Waals surface area contributed by atoms with E-state index in [0.717, 1.165) is 6.42 Å². The third kappa shape index (κ3) is 3.61. The second-order valence-corrected chi connectivity index (χ2v) is 8.99. The zero-order valence-electron chi connectivity index (χ0n) is 12.8. The molecule has 1 aromatic heterocycles. The van der Waals surface area contributed by atoms with Crippen LogP contribution in [0.1, 0.15) is 40.2 Å². The van der Waals surface area contributed by atoms with Gasteiger partial charge >= 0.3 is 0 Å². The molecule has 0 bridgehead atoms. The van der Waals surface area contributed by atoms with E-state index in [1.165, 1.54) is 0 Å². The van der Waals surface area contributed by atoms with Gasteiger partial charge in [-0.2, -0.15) is 4.31 Å². The summed E-state index contributed by atoms with van der Waals surface area (Å²) in [4.78, 5) is 4.07. The lowest BCUT2D eigenvalue weighted by Crippen LogP contribution is -2.46. The average molecular weight is 299 g/mol. The number of nitrogens with zero attached hydrogens (tertiary/aromatic N) is 3. The summed E-state index contributed by atoms with van der Waals surface area (Å²) in [6.45, 7) is 9.25. The van der Waals surface area contributed by atoms with E-state index in [9.17, 15) is 8.42 Å². The third-order valence-corrected chi connectivity index (χ3v) is 6.15. The first-order valence-corrected chi connectivity index (χ1v) is 8.75. The van der Waals surface area contributed by atoms with Crippen molar-refractivity contribution in [1.82, 2.24) is 13.9 Å². The summed E-state index contributed by atoms with van der Waals surface area (Å²) in [6, 6.07) is 0.181. The Morgan fingerprint density at radius 2 is 2.05 bits per heavy atom. The molecule has 0 radical (unpaired) electrons. The molecular weight excluding hydrogens is 274 g/mol. The van der Waals surface area contributed by atoms with Crippen molar-refractivity contribution in [3.05, 3.63) is 18.7 Å². The summed E-state index contributed by atoms with van der Waals surface area (Å²) in [7, 11) is -3.19. The van der Waals surface area contributed by atoms with Gasteiger partial charge in [0.15, 0.2) is 0 Å². The van der Waals surface area contributed by atoms with Gasteiger partial charge in [-0.25, -0.2) is 13.4 Å². The molecule has 1 fully saturated rings. The average Bonchev–Trinajstić information content (AvgIpc) is 2.79. The van der Waals surface area contributed by atoms with Crippen LogP contribution < -0.4 is 0 Å². The molecule has 114 valence electrons. The normalized spacial score (nSPS) is 25.8. The Bertz CT molecular complexity index is 531. The van der Waals surface area contributed by atoms with Crippen molar-refractivity contribution >= 4 is 10.0 Å². The molecule has 0 aromatic carbocycles. The maximum Gasteiger partial charge on any atom is 0.214 e. The molecular formula is C14H25N3O2S. The minimum Gasteiger partial charge on any atom is -0.333 e. The minimum absolute atomic E-state index is 0.181. The molecule has 0 unspecified atom stereocenters. The first-order valence-electron chi connectivity index (χ1n) is 7.14. The molecule has 0 N–H and O–H groups in total. The zero-order chi connectivity index (χ0) is 15.0. The van der Waals surface area contributed by atoms with Crippen molar-refractivity contribution in [2.45, 2.75) is 40.2 Å². The van der Waals surface area contributed by atoms with Gasteiger partial charge in [-0.3, -0.25) is 0 Å². The molecule has 0 saturated carbocycles. The molecule has 2 heterocycles. The van der Waals surface area contributed by atoms with Crippen LogP contribution in [0.3, 0.4) is 0 Å². The molecule has 1 aliphatic rings. The van der Waals surface area contributed by atoms with E-state index in [-0.39, 0.29) is 17.2 Å². The maximum absolute atomic E-state index is 12.5. The zero-order valence-corrected chi connectivity index (χ0v) is 13.6. The van der Waals surface area contributed by atoms with Crippen molar-refractivity contribution in [2.24, 2.45) is 11.3 Å². The second kappa shape index (κ2) is 5.48. The number of imidazole rings is 1. The number of aromatic nitrogens is 2. The molecule has 1 aromatic rings. The molecule has 0 spiro atoms. The smallest absolute Gasteiger partial charge is 0.214 e. The first kappa shape index (κ1) is 15.5. The Balaban J connectivity index is 2.15. The van der Waals surface area contributed by atoms with Gasteiger partial charge in [0.25, 0.3) is 0 Å². The molecule has 0 amide bonds. The fourth-order valence-electron chi connectivity index (χ4n) is 2.76. The monoisotopic (exact) mass is 299 g/mol. The van der Waals surface area contributed by atoms with Crippen LogP contribution in [0.4, 0.5) is 0 Å². The van der Waals surface area contributed by atoms with Gasteiger partial charge in [-0.1, -0.05) is 27.7 Å². The van der Waals surface area contributed by atoms with Crippen LogP contribution in [0.2, 0.25) is 0 Å². The van der Waals surface area contributed by atoms with Crippen LogP contribution in [-0.2, 0) is 10.0 Å². The fourth-order valence-corrected chi connectivity index (χ4v) is 4.81. The topological polar surface area (TPSA) is 55.2 Å². The number of hydrogen-bond donors (Lipinski definition) is 0. The van der Waals surface area contributed by atoms with E-state index in [2.05, 4.69) is 11.9 Å². The van der Waals surface area contributed by atoms with E-state index >= 15 is 0 Å². The molecule has 1 aliphatic heterocycles. The molecule has 6 heteroatoms. The lowest BCUT2D eigenvalue weighted by Gasteiger charge is -2.37. The van der Waals surface area contributed by atoms with E-state index < -0.39 is 10.0 Å². The highest BCUT2D eigenvalue weighted by molar-refractivity contribution is 7.89. The minimum atomic E-state index is -3.19. The Morgan fingerprint density at radius 1 is 1.35 bits per heavy atom. The number of sulfonamides is 1. The van der Waals surface area contributed by atoms with Crippen LogP contribution in [0, 0.1) is 11.3 Å². The van der Waals surface area contributed by atoms with Gasteiger partial charge < -0.3 is 4.57 Å². The fraction of sp³-hybridized carbons (Fsp3) is 0.786. The quantitative estimate of drug-likeness (QED) is 0.859. The molecule has 20 heavy (non-hydrogen) atoms. The molecule has 5 nitrogen and oxygen atoms in total. The largest absolute Gasteiger partial charge is 0.333 e. The predicted molar refractivity (Wildman–Crippen MR) is 79.9 cm³/mol. The van der Waals surface area contributed by atoms with E-state index in [4.69, 9.17) is 0 Å². The lowest BCUT2D eigenvalue weighted by atomic mass is 9.95. The Labute approximate surface area is 122 Å². The molecule has 1 saturated heterocycles. The van der Waals surface area contributed by atoms with Crippen LogP contribution in [0.25, 0.3) is 0 Å². The number of rotatable bonds is 3. The van der Waals surface area contributed by atoms with Gasteiger partial charge in [0, 0.05) is 25.5 Å². The molecule has 2 rings (SSSR count). The van der Waals surface area contributed by atoms with E-state index in [1.54, 1.807) is 16.8 Å². The third-order valence-electron chi connectivity index (χ3n) is 3.80. The second-order valence-electron chi connectivity index (χ2n) is 7.02. The van der Waals surface area contributed by atoms with Crippen LogP contribution in [0.15, 0.2) is 18.7 Å². The van der Waals surface area contributed by atoms with Crippen molar-refractivity contribution in [2.75, 3.05) is 18.8 Å².